The molecule has 1 amide bonds. The Morgan fingerprint density at radius 3 is 2.33 bits per heavy atom. The molecule has 0 spiro atoms. The van der Waals surface area contributed by atoms with E-state index in [0.29, 0.717) is 17.4 Å². The number of nitrogens with zero attached hydrogens (tertiary/aromatic N) is 1. The second-order valence-corrected chi connectivity index (χ2v) is 6.31. The molecule has 0 aromatic rings. The predicted molar refractivity (Wildman–Crippen MR) is 67.9 cm³/mol. The van der Waals surface area contributed by atoms with Crippen LogP contribution in [-0.4, -0.2) is 62.7 Å². The van der Waals surface area contributed by atoms with E-state index in [-0.39, 0.29) is 25.7 Å². The zero-order chi connectivity index (χ0) is 14.2. The molecule has 0 saturated carbocycles. The van der Waals surface area contributed by atoms with Gasteiger partial charge in [-0.05, 0) is 0 Å². The Bertz CT molecular complexity index is 303. The molecule has 0 rings (SSSR count). The van der Waals surface area contributed by atoms with Crippen molar-refractivity contribution in [3.8, 4) is 0 Å². The highest BCUT2D eigenvalue weighted by molar-refractivity contribution is 7.47. The summed E-state index contributed by atoms with van der Waals surface area (Å²) in [5.41, 5.74) is 0. The molecule has 0 aliphatic carbocycles. The van der Waals surface area contributed by atoms with E-state index < -0.39 is 7.82 Å². The topological polar surface area (TPSA) is 84.9 Å². The fourth-order valence-corrected chi connectivity index (χ4v) is 1.65. The number of likely N-dealkylation sites (N-methyl/N-ethyl adjacent to an activating group) is 1. The average molecular weight is 283 g/mol. The second-order valence-electron chi connectivity index (χ2n) is 4.85. The van der Waals surface area contributed by atoms with Gasteiger partial charge in [0.15, 0.2) is 0 Å². The van der Waals surface area contributed by atoms with Gasteiger partial charge in [-0.15, -0.1) is 0 Å². The van der Waals surface area contributed by atoms with Gasteiger partial charge in [-0.25, -0.2) is 4.57 Å². The number of phosphoric ester groups is 1. The highest BCUT2D eigenvalue weighted by Gasteiger charge is 2.22. The third kappa shape index (κ3) is 10.7. The molecule has 7 nitrogen and oxygen atoms in total. The normalized spacial score (nSPS) is 15.2. The minimum atomic E-state index is -4.01. The largest absolute Gasteiger partial charge is 0.472 e. The van der Waals surface area contributed by atoms with Crippen LogP contribution in [0.5, 0.6) is 0 Å². The summed E-state index contributed by atoms with van der Waals surface area (Å²) in [5, 5.41) is 2.53. The van der Waals surface area contributed by atoms with E-state index in [1.165, 1.54) is 0 Å². The summed E-state index contributed by atoms with van der Waals surface area (Å²) in [4.78, 5) is 20.2. The Morgan fingerprint density at radius 2 is 1.83 bits per heavy atom. The lowest BCUT2D eigenvalue weighted by atomic mass is 10.4. The molecule has 0 fully saturated rings. The molecule has 0 aliphatic heterocycles. The molecule has 18 heavy (non-hydrogen) atoms. The van der Waals surface area contributed by atoms with Crippen molar-refractivity contribution in [2.45, 2.75) is 13.3 Å². The quantitative estimate of drug-likeness (QED) is 0.362. The van der Waals surface area contributed by atoms with Crippen LogP contribution < -0.4 is 5.32 Å². The Kier molecular flexibility index (Phi) is 7.66. The van der Waals surface area contributed by atoms with E-state index in [9.17, 15) is 14.3 Å². The zero-order valence-corrected chi connectivity index (χ0v) is 12.4. The molecule has 1 unspecified atom stereocenters. The lowest BCUT2D eigenvalue weighted by Crippen LogP contribution is -2.37. The molecule has 1 atom stereocenters. The van der Waals surface area contributed by atoms with Gasteiger partial charge in [0.2, 0.25) is 5.91 Å². The monoisotopic (exact) mass is 283 g/mol. The van der Waals surface area contributed by atoms with E-state index >= 15 is 0 Å². The Balaban J connectivity index is 3.74. The van der Waals surface area contributed by atoms with Crippen LogP contribution in [0.1, 0.15) is 13.3 Å². The molecule has 0 aromatic carbocycles. The van der Waals surface area contributed by atoms with Crippen molar-refractivity contribution in [2.24, 2.45) is 0 Å². The SMILES string of the molecule is CCC(=O)NCCOP(=O)(O)OCC[N+](C)(C)C. The smallest absolute Gasteiger partial charge is 0.354 e. The molecule has 2 N–H and O–H groups in total. The van der Waals surface area contributed by atoms with Gasteiger partial charge in [0.25, 0.3) is 0 Å². The number of nitrogens with one attached hydrogen (secondary N) is 1. The summed E-state index contributed by atoms with van der Waals surface area (Å²) < 4.78 is 21.5. The van der Waals surface area contributed by atoms with Crippen molar-refractivity contribution in [2.75, 3.05) is 47.4 Å². The Morgan fingerprint density at radius 1 is 1.28 bits per heavy atom. The zero-order valence-electron chi connectivity index (χ0n) is 11.5. The van der Waals surface area contributed by atoms with Crippen molar-refractivity contribution >= 4 is 13.7 Å². The fraction of sp³-hybridized carbons (Fsp3) is 0.900. The summed E-state index contributed by atoms with van der Waals surface area (Å²) in [5.74, 6) is -0.127. The number of amides is 1. The minimum absolute atomic E-state index is 0.0517. The number of hydrogen-bond donors (Lipinski definition) is 2. The van der Waals surface area contributed by atoms with Gasteiger partial charge in [-0.1, -0.05) is 6.92 Å². The molecule has 108 valence electrons. The molecule has 0 heterocycles. The van der Waals surface area contributed by atoms with E-state index in [0.717, 1.165) is 0 Å². The second kappa shape index (κ2) is 7.86. The van der Waals surface area contributed by atoms with E-state index in [1.54, 1.807) is 6.92 Å². The van der Waals surface area contributed by atoms with Crippen LogP contribution in [0.15, 0.2) is 0 Å². The molecule has 0 radical (unpaired) electrons. The molecule has 0 aliphatic rings. The summed E-state index contributed by atoms with van der Waals surface area (Å²) in [6, 6.07) is 0. The van der Waals surface area contributed by atoms with Gasteiger partial charge in [0.1, 0.15) is 13.2 Å². The number of carbonyl (C=O) groups is 1. The first-order valence-electron chi connectivity index (χ1n) is 5.85. The average Bonchev–Trinajstić information content (AvgIpc) is 2.21. The van der Waals surface area contributed by atoms with Crippen LogP contribution in [0.2, 0.25) is 0 Å². The van der Waals surface area contributed by atoms with Crippen molar-refractivity contribution in [1.82, 2.24) is 5.32 Å². The number of quaternary nitrogens is 1. The van der Waals surface area contributed by atoms with Gasteiger partial charge < -0.3 is 14.7 Å². The molecule has 0 saturated heterocycles. The lowest BCUT2D eigenvalue weighted by molar-refractivity contribution is -0.870. The third-order valence-electron chi connectivity index (χ3n) is 2.02. The summed E-state index contributed by atoms with van der Waals surface area (Å²) in [6.07, 6.45) is 0.372. The van der Waals surface area contributed by atoms with E-state index in [2.05, 4.69) is 5.32 Å². The van der Waals surface area contributed by atoms with E-state index in [1.807, 2.05) is 21.1 Å². The number of hydrogen-bond acceptors (Lipinski definition) is 4. The molecule has 8 heteroatoms. The first-order valence-corrected chi connectivity index (χ1v) is 7.35. The van der Waals surface area contributed by atoms with Crippen LogP contribution >= 0.6 is 7.82 Å². The number of rotatable bonds is 9. The van der Waals surface area contributed by atoms with Crippen molar-refractivity contribution in [3.63, 3.8) is 0 Å². The highest BCUT2D eigenvalue weighted by Crippen LogP contribution is 2.42. The molecular weight excluding hydrogens is 259 g/mol. The minimum Gasteiger partial charge on any atom is -0.354 e. The highest BCUT2D eigenvalue weighted by atomic mass is 31.2. The molecule has 0 bridgehead atoms. The van der Waals surface area contributed by atoms with Crippen molar-refractivity contribution in [1.29, 1.82) is 0 Å². The maximum absolute atomic E-state index is 11.4. The third-order valence-corrected chi connectivity index (χ3v) is 3.03. The Labute approximate surface area is 108 Å². The van der Waals surface area contributed by atoms with Crippen LogP contribution in [0.25, 0.3) is 0 Å². The molecule has 0 aromatic heterocycles. The van der Waals surface area contributed by atoms with Gasteiger partial charge in [-0.2, -0.15) is 0 Å². The summed E-state index contributed by atoms with van der Waals surface area (Å²) in [7, 11) is 1.85. The first-order chi connectivity index (χ1) is 8.16. The summed E-state index contributed by atoms with van der Waals surface area (Å²) >= 11 is 0. The summed E-state index contributed by atoms with van der Waals surface area (Å²) in [6.45, 7) is 2.60. The van der Waals surface area contributed by atoms with Gasteiger partial charge in [0.05, 0.1) is 27.7 Å². The van der Waals surface area contributed by atoms with Crippen LogP contribution in [0, 0.1) is 0 Å². The standard InChI is InChI=1S/C10H23N2O5P/c1-5-10(13)11-6-8-16-18(14,15)17-9-7-12(2,3)4/h5-9H2,1-4H3,(H-,11,13,14,15)/p+1. The van der Waals surface area contributed by atoms with Gasteiger partial charge >= 0.3 is 7.82 Å². The van der Waals surface area contributed by atoms with Crippen LogP contribution in [0.3, 0.4) is 0 Å². The van der Waals surface area contributed by atoms with E-state index in [4.69, 9.17) is 9.05 Å². The number of carbonyl (C=O) groups excluding carboxylic acids is 1. The maximum Gasteiger partial charge on any atom is 0.472 e. The molecular formula is C10H24N2O5P+. The predicted octanol–water partition coefficient (Wildman–Crippen LogP) is 0.352. The Hall–Kier alpha value is -0.460. The lowest BCUT2D eigenvalue weighted by Gasteiger charge is -2.24. The van der Waals surface area contributed by atoms with Crippen LogP contribution in [0.4, 0.5) is 0 Å². The fourth-order valence-electron chi connectivity index (χ4n) is 0.944. The van der Waals surface area contributed by atoms with Crippen LogP contribution in [-0.2, 0) is 18.4 Å². The number of phosphoric acid groups is 1. The van der Waals surface area contributed by atoms with Gasteiger partial charge in [-0.3, -0.25) is 13.8 Å². The van der Waals surface area contributed by atoms with Crippen molar-refractivity contribution in [3.05, 3.63) is 0 Å². The maximum atomic E-state index is 11.4. The van der Waals surface area contributed by atoms with Gasteiger partial charge in [0, 0.05) is 13.0 Å². The first kappa shape index (κ1) is 17.5. The van der Waals surface area contributed by atoms with Crippen molar-refractivity contribution < 1.29 is 27.8 Å².